The normalized spacial score (nSPS) is 15.8. The number of fused-ring (bicyclic) bond motifs is 3. The van der Waals surface area contributed by atoms with Gasteiger partial charge >= 0.3 is 23.3 Å². The highest BCUT2D eigenvalue weighted by molar-refractivity contribution is 7.90. The van der Waals surface area contributed by atoms with E-state index in [4.69, 9.17) is 0 Å². The molecule has 1 aliphatic rings. The molecule has 0 saturated carbocycles. The number of hydrogen-bond donors (Lipinski definition) is 1. The minimum absolute atomic E-state index is 0.0315. The fourth-order valence-corrected chi connectivity index (χ4v) is 4.22. The summed E-state index contributed by atoms with van der Waals surface area (Å²) in [6.07, 6.45) is -7.12. The zero-order valence-electron chi connectivity index (χ0n) is 14.3. The predicted molar refractivity (Wildman–Crippen MR) is 86.7 cm³/mol. The summed E-state index contributed by atoms with van der Waals surface area (Å²) in [6.45, 7) is 0. The van der Waals surface area contributed by atoms with Gasteiger partial charge < -0.3 is 0 Å². The molecule has 0 heterocycles. The topological polar surface area (TPSA) is 46.2 Å². The first-order chi connectivity index (χ1) is 13.6. The Balaban J connectivity index is 2.07. The van der Waals surface area contributed by atoms with Crippen LogP contribution in [0.1, 0.15) is 17.2 Å². The summed E-state index contributed by atoms with van der Waals surface area (Å²) in [7, 11) is -6.74. The maximum Gasteiger partial charge on any atom is 0.460 e. The van der Waals surface area contributed by atoms with Gasteiger partial charge in [0.15, 0.2) is 0 Å². The van der Waals surface area contributed by atoms with E-state index in [9.17, 15) is 47.9 Å². The average molecular weight is 463 g/mol. The molecule has 1 N–H and O–H groups in total. The second kappa shape index (κ2) is 6.61. The zero-order valence-corrected chi connectivity index (χ0v) is 15.1. The summed E-state index contributed by atoms with van der Waals surface area (Å²) in [5.41, 5.74) is 0.751. The molecular formula is C17H10F9NO2S. The molecule has 0 spiro atoms. The third-order valence-electron chi connectivity index (χ3n) is 4.56. The highest BCUT2D eigenvalue weighted by Gasteiger charge is 2.85. The van der Waals surface area contributed by atoms with Gasteiger partial charge in [-0.25, -0.2) is 8.42 Å². The van der Waals surface area contributed by atoms with Crippen LogP contribution in [0.15, 0.2) is 48.5 Å². The van der Waals surface area contributed by atoms with Crippen molar-refractivity contribution in [3.8, 4) is 11.1 Å². The zero-order chi connectivity index (χ0) is 22.8. The number of rotatable bonds is 5. The fourth-order valence-electron chi connectivity index (χ4n) is 3.04. The van der Waals surface area contributed by atoms with E-state index in [1.165, 1.54) is 53.3 Å². The lowest BCUT2D eigenvalue weighted by Crippen LogP contribution is -2.65. The fraction of sp³-hybridized carbons (Fsp3) is 0.294. The predicted octanol–water partition coefficient (Wildman–Crippen LogP) is 5.10. The molecule has 1 aliphatic carbocycles. The van der Waals surface area contributed by atoms with Crippen LogP contribution in [0.4, 0.5) is 39.5 Å². The Labute approximate surface area is 163 Å². The average Bonchev–Trinajstić information content (AvgIpc) is 2.94. The number of benzene rings is 2. The van der Waals surface area contributed by atoms with Gasteiger partial charge in [-0.3, -0.25) is 0 Å². The molecule has 3 rings (SSSR count). The molecule has 0 atom stereocenters. The summed E-state index contributed by atoms with van der Waals surface area (Å²) >= 11 is 0. The van der Waals surface area contributed by atoms with Gasteiger partial charge in [0, 0.05) is 0 Å². The van der Waals surface area contributed by atoms with Gasteiger partial charge in [0.25, 0.3) is 10.0 Å². The summed E-state index contributed by atoms with van der Waals surface area (Å²) in [6, 6.07) is 9.53. The van der Waals surface area contributed by atoms with Gasteiger partial charge in [0.05, 0.1) is 6.04 Å². The molecule has 164 valence electrons. The monoisotopic (exact) mass is 463 g/mol. The molecule has 0 aromatic heterocycles. The van der Waals surface area contributed by atoms with Crippen LogP contribution in [0.5, 0.6) is 0 Å². The molecule has 0 fully saturated rings. The van der Waals surface area contributed by atoms with Crippen LogP contribution in [0.25, 0.3) is 11.1 Å². The van der Waals surface area contributed by atoms with Crippen molar-refractivity contribution in [2.24, 2.45) is 0 Å². The molecule has 0 radical (unpaired) electrons. The molecule has 2 aromatic rings. The van der Waals surface area contributed by atoms with Crippen LogP contribution in [-0.2, 0) is 10.0 Å². The van der Waals surface area contributed by atoms with Crippen molar-refractivity contribution in [3.05, 3.63) is 59.7 Å². The second-order valence-corrected chi connectivity index (χ2v) is 8.15. The summed E-state index contributed by atoms with van der Waals surface area (Å²) in [5, 5.41) is -6.80. The van der Waals surface area contributed by atoms with Crippen molar-refractivity contribution in [1.29, 1.82) is 0 Å². The Morgan fingerprint density at radius 1 is 0.667 bits per heavy atom. The molecule has 3 nitrogen and oxygen atoms in total. The quantitative estimate of drug-likeness (QED) is 0.628. The van der Waals surface area contributed by atoms with Gasteiger partial charge in [-0.2, -0.15) is 44.2 Å². The van der Waals surface area contributed by atoms with E-state index in [0.717, 1.165) is 0 Å². The van der Waals surface area contributed by atoms with E-state index in [1.54, 1.807) is 0 Å². The SMILES string of the molecule is O=S(=O)(NC1c2ccccc2-c2ccccc21)C(F)(F)C(F)(F)C(F)(F)C(F)(F)F. The Kier molecular flexibility index (Phi) is 4.94. The molecule has 2 aromatic carbocycles. The standard InChI is InChI=1S/C17H10F9NO2S/c18-14(19,16(22,23)24)15(20,21)17(25,26)30(28,29)27-13-11-7-3-1-5-9(11)10-6-2-4-8-12(10)13/h1-8,13,27H. The maximum atomic E-state index is 14.0. The first-order valence-electron chi connectivity index (χ1n) is 7.96. The summed E-state index contributed by atoms with van der Waals surface area (Å²) in [5.74, 6) is -14.6. The van der Waals surface area contributed by atoms with Crippen molar-refractivity contribution >= 4 is 10.0 Å². The van der Waals surface area contributed by atoms with Crippen molar-refractivity contribution in [1.82, 2.24) is 4.72 Å². The molecule has 0 saturated heterocycles. The van der Waals surface area contributed by atoms with E-state index in [-0.39, 0.29) is 11.1 Å². The van der Waals surface area contributed by atoms with Crippen LogP contribution >= 0.6 is 0 Å². The highest BCUT2D eigenvalue weighted by atomic mass is 32.2. The summed E-state index contributed by atoms with van der Waals surface area (Å²) in [4.78, 5) is 0. The van der Waals surface area contributed by atoms with Gasteiger partial charge in [0.2, 0.25) is 0 Å². The van der Waals surface area contributed by atoms with Crippen molar-refractivity contribution in [2.45, 2.75) is 29.3 Å². The molecule has 0 unspecified atom stereocenters. The Morgan fingerprint density at radius 2 is 1.07 bits per heavy atom. The van der Waals surface area contributed by atoms with Crippen LogP contribution in [-0.4, -0.2) is 31.7 Å². The summed E-state index contributed by atoms with van der Waals surface area (Å²) < 4.78 is 143. The molecular weight excluding hydrogens is 453 g/mol. The first kappa shape index (κ1) is 22.4. The third-order valence-corrected chi connectivity index (χ3v) is 6.04. The van der Waals surface area contributed by atoms with Crippen LogP contribution in [0, 0.1) is 0 Å². The van der Waals surface area contributed by atoms with Crippen LogP contribution in [0.3, 0.4) is 0 Å². The van der Waals surface area contributed by atoms with Gasteiger partial charge in [-0.1, -0.05) is 48.5 Å². The Bertz CT molecular complexity index is 1040. The first-order valence-corrected chi connectivity index (χ1v) is 9.45. The lowest BCUT2D eigenvalue weighted by Gasteiger charge is -2.33. The minimum atomic E-state index is -7.32. The largest absolute Gasteiger partial charge is 0.460 e. The van der Waals surface area contributed by atoms with Gasteiger partial charge in [-0.05, 0) is 22.3 Å². The highest BCUT2D eigenvalue weighted by Crippen LogP contribution is 2.55. The van der Waals surface area contributed by atoms with Crippen molar-refractivity contribution in [3.63, 3.8) is 0 Å². The van der Waals surface area contributed by atoms with Crippen molar-refractivity contribution in [2.75, 3.05) is 0 Å². The second-order valence-electron chi connectivity index (χ2n) is 6.39. The van der Waals surface area contributed by atoms with Crippen molar-refractivity contribution < 1.29 is 47.9 Å². The molecule has 13 heteroatoms. The van der Waals surface area contributed by atoms with Crippen LogP contribution in [0.2, 0.25) is 0 Å². The molecule has 0 aliphatic heterocycles. The minimum Gasteiger partial charge on any atom is -0.206 e. The lowest BCUT2D eigenvalue weighted by molar-refractivity contribution is -0.382. The van der Waals surface area contributed by atoms with E-state index in [0.29, 0.717) is 11.1 Å². The van der Waals surface area contributed by atoms with E-state index >= 15 is 0 Å². The van der Waals surface area contributed by atoms with Gasteiger partial charge in [0.1, 0.15) is 0 Å². The molecule has 0 amide bonds. The van der Waals surface area contributed by atoms with E-state index < -0.39 is 39.3 Å². The van der Waals surface area contributed by atoms with E-state index in [1.807, 2.05) is 0 Å². The number of halogens is 9. The lowest BCUT2D eigenvalue weighted by atomic mass is 10.1. The smallest absolute Gasteiger partial charge is 0.206 e. The third kappa shape index (κ3) is 2.97. The number of alkyl halides is 9. The molecule has 30 heavy (non-hydrogen) atoms. The maximum absolute atomic E-state index is 14.0. The number of sulfonamides is 1. The Morgan fingerprint density at radius 3 is 1.47 bits per heavy atom. The Hall–Kier alpha value is -2.28. The number of hydrogen-bond acceptors (Lipinski definition) is 2. The van der Waals surface area contributed by atoms with Crippen LogP contribution < -0.4 is 4.72 Å². The molecule has 0 bridgehead atoms. The number of nitrogens with one attached hydrogen (secondary N) is 1. The van der Waals surface area contributed by atoms with E-state index in [2.05, 4.69) is 0 Å². The van der Waals surface area contributed by atoms with Gasteiger partial charge in [-0.15, -0.1) is 0 Å².